The Hall–Kier alpha value is -2.18. The third-order valence-corrected chi connectivity index (χ3v) is 4.43. The third kappa shape index (κ3) is 4.01. The van der Waals surface area contributed by atoms with Gasteiger partial charge in [0.15, 0.2) is 10.1 Å². The van der Waals surface area contributed by atoms with Gasteiger partial charge in [0.25, 0.3) is 0 Å². The molecule has 0 saturated carbocycles. The van der Waals surface area contributed by atoms with Crippen LogP contribution in [0.3, 0.4) is 0 Å². The van der Waals surface area contributed by atoms with Crippen LogP contribution < -0.4 is 0 Å². The number of rotatable bonds is 6. The molecule has 7 heteroatoms. The van der Waals surface area contributed by atoms with Crippen molar-refractivity contribution in [2.24, 2.45) is 0 Å². The number of imidazole rings is 1. The van der Waals surface area contributed by atoms with Crippen LogP contribution in [0.1, 0.15) is 23.5 Å². The maximum Gasteiger partial charge on any atom is 0.330 e. The largest absolute Gasteiger partial charge is 0.463 e. The Morgan fingerprint density at radius 2 is 2.29 bits per heavy atom. The second-order valence-corrected chi connectivity index (χ2v) is 6.45. The lowest BCUT2D eigenvalue weighted by Crippen LogP contribution is -2.04. The third-order valence-electron chi connectivity index (χ3n) is 3.40. The first-order chi connectivity index (χ1) is 11.6. The molecule has 0 unspecified atom stereocenters. The van der Waals surface area contributed by atoms with Crippen LogP contribution in [0.25, 0.3) is 11.0 Å². The van der Waals surface area contributed by atoms with Crippen LogP contribution in [0, 0.1) is 6.92 Å². The lowest BCUT2D eigenvalue weighted by molar-refractivity contribution is -0.137. The zero-order valence-corrected chi connectivity index (χ0v) is 14.7. The maximum absolute atomic E-state index is 11.8. The number of nitrogens with zero attached hydrogens (tertiary/aromatic N) is 3. The Morgan fingerprint density at radius 1 is 1.42 bits per heavy atom. The van der Waals surface area contributed by atoms with E-state index in [0.717, 1.165) is 29.2 Å². The van der Waals surface area contributed by atoms with Crippen LogP contribution in [0.15, 0.2) is 35.9 Å². The molecule has 3 aromatic rings. The zero-order chi connectivity index (χ0) is 16.9. The average Bonchev–Trinajstić information content (AvgIpc) is 3.10. The summed E-state index contributed by atoms with van der Waals surface area (Å²) in [6, 6.07) is 5.91. The van der Waals surface area contributed by atoms with Gasteiger partial charge >= 0.3 is 5.97 Å². The van der Waals surface area contributed by atoms with Gasteiger partial charge in [0.1, 0.15) is 0 Å². The lowest BCUT2D eigenvalue weighted by atomic mass is 10.2. The molecule has 0 aliphatic heterocycles. The molecule has 0 aromatic carbocycles. The maximum atomic E-state index is 11.8. The first-order valence-corrected chi connectivity index (χ1v) is 8.77. The summed E-state index contributed by atoms with van der Waals surface area (Å²) in [5.41, 5.74) is 2.67. The van der Waals surface area contributed by atoms with Gasteiger partial charge in [0.2, 0.25) is 0 Å². The van der Waals surface area contributed by atoms with Gasteiger partial charge in [0, 0.05) is 29.0 Å². The highest BCUT2D eigenvalue weighted by Gasteiger charge is 2.09. The standard InChI is InChI=1S/C17H16ClN3O2S/c1-12-4-2-5-13(19-12)6-3-10-23-15(22)8-7-14-16(18)20-17-21(14)9-11-24-17/h2,4-5,7-9,11H,3,6,10H2,1H3. The highest BCUT2D eigenvalue weighted by molar-refractivity contribution is 7.15. The number of carbonyl (C=O) groups is 1. The summed E-state index contributed by atoms with van der Waals surface area (Å²) in [5, 5.41) is 2.28. The van der Waals surface area contributed by atoms with E-state index >= 15 is 0 Å². The molecule has 0 radical (unpaired) electrons. The van der Waals surface area contributed by atoms with Crippen molar-refractivity contribution in [3.8, 4) is 0 Å². The molecule has 24 heavy (non-hydrogen) atoms. The van der Waals surface area contributed by atoms with E-state index in [-0.39, 0.29) is 0 Å². The molecule has 124 valence electrons. The molecule has 0 spiro atoms. The zero-order valence-electron chi connectivity index (χ0n) is 13.1. The summed E-state index contributed by atoms with van der Waals surface area (Å²) in [7, 11) is 0. The topological polar surface area (TPSA) is 56.5 Å². The molecule has 3 heterocycles. The van der Waals surface area contributed by atoms with Crippen molar-refractivity contribution in [1.82, 2.24) is 14.4 Å². The lowest BCUT2D eigenvalue weighted by Gasteiger charge is -2.03. The Morgan fingerprint density at radius 3 is 3.12 bits per heavy atom. The second-order valence-electron chi connectivity index (χ2n) is 5.22. The van der Waals surface area contributed by atoms with Gasteiger partial charge in [-0.1, -0.05) is 17.7 Å². The summed E-state index contributed by atoms with van der Waals surface area (Å²) < 4.78 is 7.04. The van der Waals surface area contributed by atoms with Crippen molar-refractivity contribution in [3.05, 3.63) is 58.1 Å². The van der Waals surface area contributed by atoms with Crippen molar-refractivity contribution >= 4 is 39.9 Å². The van der Waals surface area contributed by atoms with E-state index in [2.05, 4.69) is 9.97 Å². The molecule has 0 bridgehead atoms. The summed E-state index contributed by atoms with van der Waals surface area (Å²) >= 11 is 7.55. The number of halogens is 1. The number of fused-ring (bicyclic) bond motifs is 1. The molecule has 0 saturated heterocycles. The van der Waals surface area contributed by atoms with Crippen molar-refractivity contribution < 1.29 is 9.53 Å². The number of thiazole rings is 1. The highest BCUT2D eigenvalue weighted by Crippen LogP contribution is 2.22. The number of pyridine rings is 1. The SMILES string of the molecule is Cc1cccc(CCCOC(=O)C=Cc2c(Cl)nc3sccn23)n1. The van der Waals surface area contributed by atoms with Gasteiger partial charge in [-0.05, 0) is 38.0 Å². The number of esters is 1. The number of ether oxygens (including phenoxy) is 1. The van der Waals surface area contributed by atoms with Crippen molar-refractivity contribution in [3.63, 3.8) is 0 Å². The van der Waals surface area contributed by atoms with E-state index in [1.807, 2.05) is 41.1 Å². The van der Waals surface area contributed by atoms with Gasteiger partial charge in [-0.15, -0.1) is 11.3 Å². The van der Waals surface area contributed by atoms with E-state index in [0.29, 0.717) is 17.5 Å². The van der Waals surface area contributed by atoms with E-state index < -0.39 is 5.97 Å². The summed E-state index contributed by atoms with van der Waals surface area (Å²) in [4.78, 5) is 21.2. The molecular weight excluding hydrogens is 346 g/mol. The molecule has 0 aliphatic carbocycles. The first kappa shape index (κ1) is 16.7. The minimum Gasteiger partial charge on any atom is -0.463 e. The summed E-state index contributed by atoms with van der Waals surface area (Å²) in [6.07, 6.45) is 6.37. The molecule has 0 amide bonds. The molecule has 3 rings (SSSR count). The van der Waals surface area contributed by atoms with Gasteiger partial charge in [-0.3, -0.25) is 9.38 Å². The smallest absolute Gasteiger partial charge is 0.330 e. The molecule has 3 aromatic heterocycles. The average molecular weight is 362 g/mol. The predicted octanol–water partition coefficient (Wildman–Crippen LogP) is 3.94. The number of aryl methyl sites for hydroxylation is 2. The Kier molecular flexibility index (Phi) is 5.27. The molecule has 0 atom stereocenters. The van der Waals surface area contributed by atoms with Crippen LogP contribution in [0.5, 0.6) is 0 Å². The summed E-state index contributed by atoms with van der Waals surface area (Å²) in [6.45, 7) is 2.31. The van der Waals surface area contributed by atoms with E-state index in [4.69, 9.17) is 16.3 Å². The van der Waals surface area contributed by atoms with Crippen LogP contribution >= 0.6 is 22.9 Å². The molecule has 0 N–H and O–H groups in total. The Bertz CT molecular complexity index is 885. The Labute approximate surface area is 148 Å². The van der Waals surface area contributed by atoms with Gasteiger partial charge in [-0.25, -0.2) is 9.78 Å². The number of hydrogen-bond acceptors (Lipinski definition) is 5. The van der Waals surface area contributed by atoms with Crippen molar-refractivity contribution in [2.75, 3.05) is 6.61 Å². The molecule has 0 aliphatic rings. The monoisotopic (exact) mass is 361 g/mol. The van der Waals surface area contributed by atoms with Crippen LogP contribution in [-0.4, -0.2) is 26.9 Å². The molecule has 0 fully saturated rings. The number of hydrogen-bond donors (Lipinski definition) is 0. The van der Waals surface area contributed by atoms with Gasteiger partial charge in [0.05, 0.1) is 12.3 Å². The van der Waals surface area contributed by atoms with Gasteiger partial charge in [-0.2, -0.15) is 0 Å². The fourth-order valence-electron chi connectivity index (χ4n) is 2.29. The fourth-order valence-corrected chi connectivity index (χ4v) is 3.29. The molecular formula is C17H16ClN3O2S. The normalized spacial score (nSPS) is 11.4. The van der Waals surface area contributed by atoms with Gasteiger partial charge < -0.3 is 4.74 Å². The first-order valence-electron chi connectivity index (χ1n) is 7.52. The van der Waals surface area contributed by atoms with E-state index in [9.17, 15) is 4.79 Å². The van der Waals surface area contributed by atoms with Crippen LogP contribution in [-0.2, 0) is 16.0 Å². The predicted molar refractivity (Wildman–Crippen MR) is 95.4 cm³/mol. The molecule has 5 nitrogen and oxygen atoms in total. The summed E-state index contributed by atoms with van der Waals surface area (Å²) in [5.74, 6) is -0.395. The Balaban J connectivity index is 1.49. The van der Waals surface area contributed by atoms with Crippen LogP contribution in [0.2, 0.25) is 5.15 Å². The van der Waals surface area contributed by atoms with Crippen molar-refractivity contribution in [2.45, 2.75) is 19.8 Å². The number of aromatic nitrogens is 3. The van der Waals surface area contributed by atoms with E-state index in [1.165, 1.54) is 17.4 Å². The highest BCUT2D eigenvalue weighted by atomic mass is 35.5. The van der Waals surface area contributed by atoms with Crippen molar-refractivity contribution in [1.29, 1.82) is 0 Å². The fraction of sp³-hybridized carbons (Fsp3) is 0.235. The minimum atomic E-state index is -0.395. The van der Waals surface area contributed by atoms with E-state index in [1.54, 1.807) is 6.08 Å². The second kappa shape index (κ2) is 7.59. The minimum absolute atomic E-state index is 0.354. The van der Waals surface area contributed by atoms with Crippen LogP contribution in [0.4, 0.5) is 0 Å². The number of carbonyl (C=O) groups excluding carboxylic acids is 1. The quantitative estimate of drug-likeness (QED) is 0.379.